The molecule has 3 aromatic carbocycles. The highest BCUT2D eigenvalue weighted by Gasteiger charge is 2.36. The van der Waals surface area contributed by atoms with Gasteiger partial charge >= 0.3 is 6.09 Å². The summed E-state index contributed by atoms with van der Waals surface area (Å²) in [5.41, 5.74) is 10.1. The van der Waals surface area contributed by atoms with Crippen molar-refractivity contribution >= 4 is 27.7 Å². The van der Waals surface area contributed by atoms with Crippen molar-refractivity contribution in [3.8, 4) is 0 Å². The zero-order chi connectivity index (χ0) is 36.3. The van der Waals surface area contributed by atoms with Crippen molar-refractivity contribution in [3.63, 3.8) is 0 Å². The summed E-state index contributed by atoms with van der Waals surface area (Å²) >= 11 is 0. The van der Waals surface area contributed by atoms with Gasteiger partial charge in [0, 0.05) is 54.4 Å². The molecule has 0 aromatic heterocycles. The highest BCUT2D eigenvalue weighted by Crippen LogP contribution is 2.37. The Kier molecular flexibility index (Phi) is 13.7. The van der Waals surface area contributed by atoms with Gasteiger partial charge in [-0.15, -0.1) is 0 Å². The number of carboxylic acid groups (broad SMARTS) is 1. The molecule has 1 aliphatic rings. The molecule has 0 unspecified atom stereocenters. The van der Waals surface area contributed by atoms with Crippen molar-refractivity contribution in [1.29, 1.82) is 0 Å². The van der Waals surface area contributed by atoms with Crippen molar-refractivity contribution in [2.75, 3.05) is 31.6 Å². The van der Waals surface area contributed by atoms with E-state index in [2.05, 4.69) is 20.1 Å². The Morgan fingerprint density at radius 2 is 1.72 bits per heavy atom. The third-order valence-corrected chi connectivity index (χ3v) is 10.0. The van der Waals surface area contributed by atoms with Crippen molar-refractivity contribution in [1.82, 2.24) is 9.62 Å². The van der Waals surface area contributed by atoms with Gasteiger partial charge in [0.1, 0.15) is 17.7 Å². The third kappa shape index (κ3) is 10.5. The van der Waals surface area contributed by atoms with Crippen LogP contribution in [0.25, 0.3) is 10.4 Å². The Hall–Kier alpha value is -4.60. The largest absolute Gasteiger partial charge is 0.465 e. The molecule has 0 spiro atoms. The molecular weight excluding hydrogens is 674 g/mol. The zero-order valence-electron chi connectivity index (χ0n) is 27.4. The van der Waals surface area contributed by atoms with Gasteiger partial charge in [-0.2, -0.15) is 0 Å². The third-order valence-electron chi connectivity index (χ3n) is 8.50. The minimum Gasteiger partial charge on any atom is -0.465 e. The molecule has 1 aliphatic heterocycles. The Morgan fingerprint density at radius 3 is 2.34 bits per heavy atom. The number of ether oxygens (including phenoxy) is 1. The lowest BCUT2D eigenvalue weighted by atomic mass is 9.76. The minimum absolute atomic E-state index is 0.00578. The van der Waals surface area contributed by atoms with Gasteiger partial charge in [0.15, 0.2) is 0 Å². The van der Waals surface area contributed by atoms with Gasteiger partial charge in [-0.25, -0.2) is 26.7 Å². The fraction of sp³-hybridized carbons (Fsp3) is 0.412. The van der Waals surface area contributed by atoms with Gasteiger partial charge in [-0.1, -0.05) is 41.5 Å². The molecule has 13 nitrogen and oxygen atoms in total. The molecule has 0 radical (unpaired) electrons. The van der Waals surface area contributed by atoms with E-state index in [1.807, 2.05) is 0 Å². The maximum Gasteiger partial charge on any atom is 0.407 e. The molecule has 3 aromatic rings. The average Bonchev–Trinajstić information content (AvgIpc) is 3.08. The van der Waals surface area contributed by atoms with Crippen LogP contribution >= 0.6 is 0 Å². The summed E-state index contributed by atoms with van der Waals surface area (Å²) in [6.45, 7) is 1.56. The number of benzene rings is 3. The van der Waals surface area contributed by atoms with Crippen LogP contribution in [0, 0.1) is 17.6 Å². The number of sulfonamides is 1. The van der Waals surface area contributed by atoms with Crippen molar-refractivity contribution < 1.29 is 41.7 Å². The Labute approximate surface area is 288 Å². The van der Waals surface area contributed by atoms with Gasteiger partial charge in [0.2, 0.25) is 15.9 Å². The number of aliphatic hydroxyl groups excluding tert-OH is 1. The second-order valence-corrected chi connectivity index (χ2v) is 13.9. The number of carbonyl (C=O) groups is 2. The van der Waals surface area contributed by atoms with E-state index in [4.69, 9.17) is 4.74 Å². The fourth-order valence-corrected chi connectivity index (χ4v) is 7.44. The van der Waals surface area contributed by atoms with Crippen LogP contribution in [-0.2, 0) is 26.0 Å². The number of halogens is 2. The minimum atomic E-state index is -4.14. The number of azide groups is 1. The lowest BCUT2D eigenvalue weighted by Gasteiger charge is -2.34. The summed E-state index contributed by atoms with van der Waals surface area (Å²) in [6, 6.07) is 14.6. The smallest absolute Gasteiger partial charge is 0.407 e. The van der Waals surface area contributed by atoms with Gasteiger partial charge in [-0.3, -0.25) is 4.79 Å². The van der Waals surface area contributed by atoms with E-state index in [0.717, 1.165) is 4.90 Å². The Morgan fingerprint density at radius 1 is 1.04 bits per heavy atom. The molecule has 0 saturated carbocycles. The molecule has 1 heterocycles. The zero-order valence-corrected chi connectivity index (χ0v) is 28.2. The molecule has 16 heteroatoms. The number of carbonyl (C=O) groups excluding carboxylic acids is 1. The standard InChI is InChI=1S/C34H40F2N6O7S/c1-22(43)20-42(34(45)46)21-26(40-50(47,48)27-6-3-2-4-7-27)14-15-28-29(36)8-5-9-30(28)38-33(44)32(39-41-37)31(24-16-18-49-19-17-24)23-10-12-25(35)13-11-23/h2-13,22,24,26,31-32,40,43H,14-21H2,1H3,(H,38,44)(H,45,46)/t22-,26+,31+,32+/m1/s1. The molecule has 0 bridgehead atoms. The predicted octanol–water partition coefficient (Wildman–Crippen LogP) is 5.43. The first-order valence-electron chi connectivity index (χ1n) is 16.1. The highest BCUT2D eigenvalue weighted by atomic mass is 32.2. The lowest BCUT2D eigenvalue weighted by molar-refractivity contribution is -0.118. The number of hydrogen-bond donors (Lipinski definition) is 4. The predicted molar refractivity (Wildman–Crippen MR) is 181 cm³/mol. The van der Waals surface area contributed by atoms with E-state index in [1.54, 1.807) is 6.07 Å². The number of nitrogens with zero attached hydrogens (tertiary/aromatic N) is 4. The van der Waals surface area contributed by atoms with Gasteiger partial charge < -0.3 is 25.2 Å². The summed E-state index contributed by atoms with van der Waals surface area (Å²) in [7, 11) is -4.14. The number of aliphatic hydroxyl groups is 1. The van der Waals surface area contributed by atoms with Crippen LogP contribution < -0.4 is 10.0 Å². The van der Waals surface area contributed by atoms with E-state index in [-0.39, 0.29) is 48.0 Å². The van der Waals surface area contributed by atoms with Crippen molar-refractivity contribution in [2.24, 2.45) is 11.0 Å². The summed E-state index contributed by atoms with van der Waals surface area (Å²) in [4.78, 5) is 29.6. The van der Waals surface area contributed by atoms with E-state index >= 15 is 4.39 Å². The van der Waals surface area contributed by atoms with Gasteiger partial charge in [0.05, 0.1) is 11.0 Å². The Bertz CT molecular complexity index is 1750. The molecule has 2 amide bonds. The maximum absolute atomic E-state index is 15.5. The monoisotopic (exact) mass is 714 g/mol. The Balaban J connectivity index is 1.63. The summed E-state index contributed by atoms with van der Waals surface area (Å²) in [5, 5.41) is 26.2. The van der Waals surface area contributed by atoms with E-state index in [1.165, 1.54) is 73.7 Å². The second kappa shape index (κ2) is 17.9. The number of rotatable bonds is 16. The summed E-state index contributed by atoms with van der Waals surface area (Å²) in [5.74, 6) is -2.73. The molecule has 4 atom stereocenters. The van der Waals surface area contributed by atoms with Crippen LogP contribution in [0.1, 0.15) is 43.2 Å². The van der Waals surface area contributed by atoms with Crippen LogP contribution in [0.4, 0.5) is 19.3 Å². The first-order chi connectivity index (χ1) is 23.9. The summed E-state index contributed by atoms with van der Waals surface area (Å²) in [6.07, 6.45) is -1.59. The molecular formula is C34H40F2N6O7S. The normalized spacial score (nSPS) is 16.0. The molecule has 4 rings (SSSR count). The van der Waals surface area contributed by atoms with Crippen molar-refractivity contribution in [3.05, 3.63) is 106 Å². The molecule has 0 aliphatic carbocycles. The maximum atomic E-state index is 15.5. The lowest BCUT2D eigenvalue weighted by Crippen LogP contribution is -2.47. The number of hydrogen-bond acceptors (Lipinski definition) is 7. The van der Waals surface area contributed by atoms with E-state index < -0.39 is 57.8 Å². The molecule has 50 heavy (non-hydrogen) atoms. The number of anilines is 1. The molecule has 1 saturated heterocycles. The number of amides is 2. The molecule has 4 N–H and O–H groups in total. The SMILES string of the molecule is C[C@@H](O)CN(C[C@H](CCc1c(F)cccc1NC(=O)[C@@H](N=[N+]=[N-])[C@@H](c1ccc(F)cc1)C1CCOCC1)NS(=O)(=O)c1ccccc1)C(=O)O. The average molecular weight is 715 g/mol. The highest BCUT2D eigenvalue weighted by molar-refractivity contribution is 7.89. The fourth-order valence-electron chi connectivity index (χ4n) is 6.16. The van der Waals surface area contributed by atoms with Crippen LogP contribution in [0.5, 0.6) is 0 Å². The second-order valence-electron chi connectivity index (χ2n) is 12.1. The number of nitrogens with one attached hydrogen (secondary N) is 2. The first-order valence-corrected chi connectivity index (χ1v) is 17.6. The molecule has 268 valence electrons. The first kappa shape index (κ1) is 38.2. The summed E-state index contributed by atoms with van der Waals surface area (Å²) < 4.78 is 63.8. The van der Waals surface area contributed by atoms with E-state index in [0.29, 0.717) is 31.6 Å². The van der Waals surface area contributed by atoms with Crippen LogP contribution in [0.2, 0.25) is 0 Å². The topological polar surface area (TPSA) is 194 Å². The quantitative estimate of drug-likeness (QED) is 0.0862. The van der Waals surface area contributed by atoms with Gasteiger partial charge in [0.25, 0.3) is 0 Å². The van der Waals surface area contributed by atoms with E-state index in [9.17, 15) is 38.1 Å². The van der Waals surface area contributed by atoms with Crippen LogP contribution in [0.3, 0.4) is 0 Å². The van der Waals surface area contributed by atoms with Crippen LogP contribution in [-0.4, -0.2) is 80.0 Å². The van der Waals surface area contributed by atoms with Crippen LogP contribution in [0.15, 0.2) is 82.8 Å². The molecule has 1 fully saturated rings. The van der Waals surface area contributed by atoms with Gasteiger partial charge in [-0.05, 0) is 86.0 Å². The van der Waals surface area contributed by atoms with Crippen molar-refractivity contribution in [2.45, 2.75) is 61.6 Å².